The first kappa shape index (κ1) is 15.5. The SMILES string of the molecule is C#CC[C@@H](OC(=O)c1ccnc(N(C)C)c1)c1ccccn1. The molecule has 0 aliphatic heterocycles. The van der Waals surface area contributed by atoms with Crippen LogP contribution in [0.25, 0.3) is 0 Å². The number of esters is 1. The van der Waals surface area contributed by atoms with Gasteiger partial charge in [0.25, 0.3) is 0 Å². The monoisotopic (exact) mass is 295 g/mol. The summed E-state index contributed by atoms with van der Waals surface area (Å²) in [6.45, 7) is 0. The zero-order chi connectivity index (χ0) is 15.9. The third kappa shape index (κ3) is 3.83. The molecule has 0 amide bonds. The van der Waals surface area contributed by atoms with Crippen molar-refractivity contribution in [3.63, 3.8) is 0 Å². The van der Waals surface area contributed by atoms with Crippen LogP contribution >= 0.6 is 0 Å². The number of aromatic nitrogens is 2. The van der Waals surface area contributed by atoms with E-state index in [9.17, 15) is 4.79 Å². The van der Waals surface area contributed by atoms with Gasteiger partial charge in [-0.2, -0.15) is 0 Å². The van der Waals surface area contributed by atoms with Crippen LogP contribution in [-0.2, 0) is 4.74 Å². The Balaban J connectivity index is 2.18. The van der Waals surface area contributed by atoms with Crippen molar-refractivity contribution in [3.8, 4) is 12.3 Å². The average Bonchev–Trinajstić information content (AvgIpc) is 2.55. The molecule has 0 aromatic carbocycles. The minimum Gasteiger partial charge on any atom is -0.451 e. The number of rotatable bonds is 5. The molecule has 0 saturated heterocycles. The second-order valence-electron chi connectivity index (χ2n) is 4.85. The number of hydrogen-bond acceptors (Lipinski definition) is 5. The molecule has 0 fully saturated rings. The molecule has 2 aromatic heterocycles. The molecule has 0 aliphatic rings. The van der Waals surface area contributed by atoms with Gasteiger partial charge in [-0.1, -0.05) is 6.07 Å². The van der Waals surface area contributed by atoms with Gasteiger partial charge in [-0.25, -0.2) is 9.78 Å². The third-order valence-electron chi connectivity index (χ3n) is 3.01. The third-order valence-corrected chi connectivity index (χ3v) is 3.01. The summed E-state index contributed by atoms with van der Waals surface area (Å²) < 4.78 is 5.51. The molecule has 0 N–H and O–H groups in total. The van der Waals surface area contributed by atoms with Crippen LogP contribution in [0.2, 0.25) is 0 Å². The number of ether oxygens (including phenoxy) is 1. The Labute approximate surface area is 130 Å². The van der Waals surface area contributed by atoms with E-state index in [1.165, 1.54) is 0 Å². The van der Waals surface area contributed by atoms with Crippen molar-refractivity contribution < 1.29 is 9.53 Å². The van der Waals surface area contributed by atoms with E-state index in [0.717, 1.165) is 0 Å². The smallest absolute Gasteiger partial charge is 0.339 e. The second kappa shape index (κ2) is 7.23. The molecule has 22 heavy (non-hydrogen) atoms. The molecule has 0 radical (unpaired) electrons. The molecule has 0 unspecified atom stereocenters. The molecule has 112 valence electrons. The highest BCUT2D eigenvalue weighted by Crippen LogP contribution is 2.21. The highest BCUT2D eigenvalue weighted by Gasteiger charge is 2.18. The van der Waals surface area contributed by atoms with Gasteiger partial charge in [0.2, 0.25) is 0 Å². The molecule has 0 spiro atoms. The van der Waals surface area contributed by atoms with E-state index in [1.54, 1.807) is 36.7 Å². The number of carbonyl (C=O) groups excluding carboxylic acids is 1. The van der Waals surface area contributed by atoms with E-state index >= 15 is 0 Å². The molecule has 2 aromatic rings. The van der Waals surface area contributed by atoms with Crippen molar-refractivity contribution in [2.75, 3.05) is 19.0 Å². The summed E-state index contributed by atoms with van der Waals surface area (Å²) in [5.41, 5.74) is 1.06. The van der Waals surface area contributed by atoms with Crippen molar-refractivity contribution in [2.45, 2.75) is 12.5 Å². The lowest BCUT2D eigenvalue weighted by Crippen LogP contribution is -2.15. The molecule has 2 rings (SSSR count). The molecule has 5 nitrogen and oxygen atoms in total. The van der Waals surface area contributed by atoms with Gasteiger partial charge >= 0.3 is 5.97 Å². The van der Waals surface area contributed by atoms with Crippen LogP contribution in [0.1, 0.15) is 28.6 Å². The second-order valence-corrected chi connectivity index (χ2v) is 4.85. The summed E-state index contributed by atoms with van der Waals surface area (Å²) in [6, 6.07) is 8.70. The standard InChI is InChI=1S/C17H17N3O2/c1-4-7-15(14-8-5-6-10-18-14)22-17(21)13-9-11-19-16(12-13)20(2)3/h1,5-6,8-12,15H,7H2,2-3H3/t15-/m1/s1. The maximum Gasteiger partial charge on any atom is 0.339 e. The summed E-state index contributed by atoms with van der Waals surface area (Å²) in [4.78, 5) is 22.5. The lowest BCUT2D eigenvalue weighted by atomic mass is 10.1. The summed E-state index contributed by atoms with van der Waals surface area (Å²) in [5.74, 6) is 2.75. The zero-order valence-electron chi connectivity index (χ0n) is 12.6. The van der Waals surface area contributed by atoms with Gasteiger partial charge in [0.15, 0.2) is 6.10 Å². The fraction of sp³-hybridized carbons (Fsp3) is 0.235. The largest absolute Gasteiger partial charge is 0.451 e. The topological polar surface area (TPSA) is 55.3 Å². The first-order chi connectivity index (χ1) is 10.6. The van der Waals surface area contributed by atoms with Gasteiger partial charge in [-0.15, -0.1) is 12.3 Å². The number of hydrogen-bond donors (Lipinski definition) is 0. The first-order valence-electron chi connectivity index (χ1n) is 6.80. The Morgan fingerprint density at radius 2 is 2.14 bits per heavy atom. The summed E-state index contributed by atoms with van der Waals surface area (Å²) in [6.07, 6.45) is 8.29. The normalized spacial score (nSPS) is 11.3. The van der Waals surface area contributed by atoms with Crippen LogP contribution in [0, 0.1) is 12.3 Å². The highest BCUT2D eigenvalue weighted by atomic mass is 16.5. The van der Waals surface area contributed by atoms with E-state index < -0.39 is 12.1 Å². The molecule has 0 aliphatic carbocycles. The van der Waals surface area contributed by atoms with Crippen molar-refractivity contribution >= 4 is 11.8 Å². The average molecular weight is 295 g/mol. The van der Waals surface area contributed by atoms with Gasteiger partial charge < -0.3 is 9.64 Å². The summed E-state index contributed by atoms with van der Waals surface area (Å²) >= 11 is 0. The number of nitrogens with zero attached hydrogens (tertiary/aromatic N) is 3. The zero-order valence-corrected chi connectivity index (χ0v) is 12.6. The fourth-order valence-corrected chi connectivity index (χ4v) is 1.87. The van der Waals surface area contributed by atoms with Crippen LogP contribution in [-0.4, -0.2) is 30.0 Å². The van der Waals surface area contributed by atoms with E-state index in [2.05, 4.69) is 15.9 Å². The first-order valence-corrected chi connectivity index (χ1v) is 6.80. The lowest BCUT2D eigenvalue weighted by Gasteiger charge is -2.16. The maximum atomic E-state index is 12.3. The van der Waals surface area contributed by atoms with Crippen LogP contribution < -0.4 is 4.90 Å². The molecular weight excluding hydrogens is 278 g/mol. The quantitative estimate of drug-likeness (QED) is 0.626. The molecule has 1 atom stereocenters. The predicted octanol–water partition coefficient (Wildman–Crippen LogP) is 2.46. The lowest BCUT2D eigenvalue weighted by molar-refractivity contribution is 0.0298. The Morgan fingerprint density at radius 3 is 2.77 bits per heavy atom. The van der Waals surface area contributed by atoms with Crippen molar-refractivity contribution in [1.82, 2.24) is 9.97 Å². The number of terminal acetylenes is 1. The van der Waals surface area contributed by atoms with Crippen LogP contribution in [0.3, 0.4) is 0 Å². The van der Waals surface area contributed by atoms with Crippen LogP contribution in [0.4, 0.5) is 5.82 Å². The molecule has 0 saturated carbocycles. The molecule has 5 heteroatoms. The van der Waals surface area contributed by atoms with Gasteiger partial charge in [0, 0.05) is 26.5 Å². The van der Waals surface area contributed by atoms with Crippen molar-refractivity contribution in [2.24, 2.45) is 0 Å². The summed E-state index contributed by atoms with van der Waals surface area (Å²) in [5, 5.41) is 0. The molecule has 2 heterocycles. The Kier molecular flexibility index (Phi) is 5.10. The minimum atomic E-state index is -0.560. The van der Waals surface area contributed by atoms with E-state index in [0.29, 0.717) is 17.1 Å². The van der Waals surface area contributed by atoms with Crippen LogP contribution in [0.5, 0.6) is 0 Å². The minimum absolute atomic E-state index is 0.272. The van der Waals surface area contributed by atoms with Gasteiger partial charge in [-0.3, -0.25) is 4.98 Å². The Bertz CT molecular complexity index is 678. The highest BCUT2D eigenvalue weighted by molar-refractivity contribution is 5.90. The van der Waals surface area contributed by atoms with E-state index in [-0.39, 0.29) is 6.42 Å². The number of carbonyl (C=O) groups is 1. The molecular formula is C17H17N3O2. The van der Waals surface area contributed by atoms with Gasteiger partial charge in [0.1, 0.15) is 5.82 Å². The van der Waals surface area contributed by atoms with E-state index in [4.69, 9.17) is 11.2 Å². The fourth-order valence-electron chi connectivity index (χ4n) is 1.87. The summed E-state index contributed by atoms with van der Waals surface area (Å²) in [7, 11) is 3.71. The van der Waals surface area contributed by atoms with Crippen molar-refractivity contribution in [3.05, 3.63) is 54.0 Å². The van der Waals surface area contributed by atoms with Crippen LogP contribution in [0.15, 0.2) is 42.7 Å². The van der Waals surface area contributed by atoms with E-state index in [1.807, 2.05) is 25.1 Å². The maximum absolute atomic E-state index is 12.3. The predicted molar refractivity (Wildman–Crippen MR) is 84.4 cm³/mol. The van der Waals surface area contributed by atoms with Crippen molar-refractivity contribution in [1.29, 1.82) is 0 Å². The Hall–Kier alpha value is -2.87. The Morgan fingerprint density at radius 1 is 1.32 bits per heavy atom. The number of anilines is 1. The van der Waals surface area contributed by atoms with Gasteiger partial charge in [-0.05, 0) is 24.3 Å². The molecule has 0 bridgehead atoms. The number of pyridine rings is 2. The van der Waals surface area contributed by atoms with Gasteiger partial charge in [0.05, 0.1) is 17.7 Å².